The highest BCUT2D eigenvalue weighted by Gasteiger charge is 2.28. The van der Waals surface area contributed by atoms with E-state index in [4.69, 9.17) is 4.98 Å². The van der Waals surface area contributed by atoms with E-state index in [9.17, 15) is 9.59 Å². The molecular weight excluding hydrogens is 398 g/mol. The van der Waals surface area contributed by atoms with Crippen molar-refractivity contribution in [3.05, 3.63) is 99.2 Å². The molecule has 2 heterocycles. The summed E-state index contributed by atoms with van der Waals surface area (Å²) in [7, 11) is 0. The van der Waals surface area contributed by atoms with Gasteiger partial charge in [0.2, 0.25) is 5.91 Å². The molecule has 5 heteroatoms. The number of fused-ring (bicyclic) bond motifs is 1. The van der Waals surface area contributed by atoms with Gasteiger partial charge in [-0.05, 0) is 30.9 Å². The number of aryl methyl sites for hydroxylation is 1. The molecule has 0 N–H and O–H groups in total. The van der Waals surface area contributed by atoms with Gasteiger partial charge in [-0.15, -0.1) is 0 Å². The number of amides is 1. The molecule has 0 aliphatic carbocycles. The lowest BCUT2D eigenvalue weighted by Gasteiger charge is -2.30. The molecule has 0 unspecified atom stereocenters. The minimum atomic E-state index is -0.239. The molecule has 166 valence electrons. The topological polar surface area (TPSA) is 55.2 Å². The molecule has 1 aliphatic heterocycles. The van der Waals surface area contributed by atoms with Gasteiger partial charge < -0.3 is 4.90 Å². The van der Waals surface area contributed by atoms with Crippen LogP contribution in [0.5, 0.6) is 0 Å². The van der Waals surface area contributed by atoms with E-state index in [0.29, 0.717) is 31.8 Å². The molecule has 4 rings (SSSR count). The van der Waals surface area contributed by atoms with Gasteiger partial charge in [-0.1, -0.05) is 80.4 Å². The smallest absolute Gasteiger partial charge is 0.257 e. The molecule has 5 nitrogen and oxygen atoms in total. The zero-order chi connectivity index (χ0) is 22.5. The summed E-state index contributed by atoms with van der Waals surface area (Å²) in [4.78, 5) is 33.0. The number of hydrogen-bond acceptors (Lipinski definition) is 3. The molecule has 2 aromatic carbocycles. The summed E-state index contributed by atoms with van der Waals surface area (Å²) in [5, 5.41) is 0. The number of benzene rings is 2. The molecule has 32 heavy (non-hydrogen) atoms. The number of carbonyl (C=O) groups is 1. The van der Waals surface area contributed by atoms with Crippen LogP contribution in [0.4, 0.5) is 0 Å². The molecule has 0 saturated carbocycles. The normalized spacial score (nSPS) is 13.3. The van der Waals surface area contributed by atoms with Crippen molar-refractivity contribution in [3.63, 3.8) is 0 Å². The number of unbranched alkanes of at least 4 members (excludes halogenated alkanes) is 2. The van der Waals surface area contributed by atoms with Crippen molar-refractivity contribution in [3.8, 4) is 0 Å². The fourth-order valence-corrected chi connectivity index (χ4v) is 4.58. The van der Waals surface area contributed by atoms with Crippen molar-refractivity contribution in [1.29, 1.82) is 0 Å². The molecular formula is C27H31N3O2. The second kappa shape index (κ2) is 9.94. The van der Waals surface area contributed by atoms with Gasteiger partial charge in [0.15, 0.2) is 0 Å². The maximum absolute atomic E-state index is 13.7. The van der Waals surface area contributed by atoms with Gasteiger partial charge in [0.05, 0.1) is 18.3 Å². The van der Waals surface area contributed by atoms with Gasteiger partial charge in [-0.3, -0.25) is 14.2 Å². The summed E-state index contributed by atoms with van der Waals surface area (Å²) < 4.78 is 1.82. The fraction of sp³-hybridized carbons (Fsp3) is 0.370. The average Bonchev–Trinajstić information content (AvgIpc) is 2.82. The van der Waals surface area contributed by atoms with Crippen LogP contribution >= 0.6 is 0 Å². The standard InChI is InChI=1S/C27H31N3O2/c1-3-4-7-16-25(31)29-18-17-23-24(19-29)28-20(2)30(27(23)32)26(21-12-8-5-9-13-21)22-14-10-6-11-15-22/h5-6,8-15,26H,3-4,7,16-19H2,1-2H3. The van der Waals surface area contributed by atoms with Gasteiger partial charge in [-0.2, -0.15) is 0 Å². The first-order chi connectivity index (χ1) is 15.6. The predicted octanol–water partition coefficient (Wildman–Crippen LogP) is 4.65. The van der Waals surface area contributed by atoms with E-state index < -0.39 is 0 Å². The highest BCUT2D eigenvalue weighted by molar-refractivity contribution is 5.76. The maximum atomic E-state index is 13.7. The Morgan fingerprint density at radius 2 is 1.62 bits per heavy atom. The van der Waals surface area contributed by atoms with Crippen molar-refractivity contribution < 1.29 is 4.79 Å². The van der Waals surface area contributed by atoms with Crippen molar-refractivity contribution in [2.45, 2.75) is 58.5 Å². The van der Waals surface area contributed by atoms with Crippen molar-refractivity contribution >= 4 is 5.91 Å². The monoisotopic (exact) mass is 429 g/mol. The first kappa shape index (κ1) is 22.0. The lowest BCUT2D eigenvalue weighted by Crippen LogP contribution is -2.42. The van der Waals surface area contributed by atoms with Crippen LogP contribution in [0, 0.1) is 6.92 Å². The molecule has 1 aliphatic rings. The SMILES string of the molecule is CCCCCC(=O)N1CCc2c(nc(C)n(C(c3ccccc3)c3ccccc3)c2=O)C1. The average molecular weight is 430 g/mol. The van der Waals surface area contributed by atoms with Gasteiger partial charge in [0.25, 0.3) is 5.56 Å². The Hall–Kier alpha value is -3.21. The fourth-order valence-electron chi connectivity index (χ4n) is 4.58. The van der Waals surface area contributed by atoms with E-state index in [2.05, 4.69) is 31.2 Å². The van der Waals surface area contributed by atoms with Crippen LogP contribution in [0.1, 0.15) is 66.9 Å². The van der Waals surface area contributed by atoms with Crippen LogP contribution in [-0.4, -0.2) is 26.9 Å². The maximum Gasteiger partial charge on any atom is 0.257 e. The highest BCUT2D eigenvalue weighted by Crippen LogP contribution is 2.27. The summed E-state index contributed by atoms with van der Waals surface area (Å²) in [6.45, 7) is 5.04. The largest absolute Gasteiger partial charge is 0.336 e. The number of rotatable bonds is 7. The second-order valence-corrected chi connectivity index (χ2v) is 8.51. The highest BCUT2D eigenvalue weighted by atomic mass is 16.2. The zero-order valence-corrected chi connectivity index (χ0v) is 19.0. The molecule has 1 amide bonds. The minimum absolute atomic E-state index is 0.00304. The number of carbonyl (C=O) groups excluding carboxylic acids is 1. The van der Waals surface area contributed by atoms with Crippen LogP contribution in [0.25, 0.3) is 0 Å². The minimum Gasteiger partial charge on any atom is -0.336 e. The summed E-state index contributed by atoms with van der Waals surface area (Å²) in [5.41, 5.74) is 3.59. The third-order valence-electron chi connectivity index (χ3n) is 6.28. The number of nitrogens with zero attached hydrogens (tertiary/aromatic N) is 3. The van der Waals surface area contributed by atoms with E-state index in [-0.39, 0.29) is 17.5 Å². The Kier molecular flexibility index (Phi) is 6.84. The van der Waals surface area contributed by atoms with E-state index >= 15 is 0 Å². The lowest BCUT2D eigenvalue weighted by molar-refractivity contribution is -0.132. The molecule has 0 atom stereocenters. The second-order valence-electron chi connectivity index (χ2n) is 8.51. The molecule has 0 saturated heterocycles. The van der Waals surface area contributed by atoms with E-state index in [0.717, 1.165) is 41.6 Å². The molecule has 0 spiro atoms. The Labute approximate surface area is 189 Å². The molecule has 0 bridgehead atoms. The van der Waals surface area contributed by atoms with Crippen molar-refractivity contribution in [2.75, 3.05) is 6.54 Å². The predicted molar refractivity (Wildman–Crippen MR) is 127 cm³/mol. The zero-order valence-electron chi connectivity index (χ0n) is 19.0. The van der Waals surface area contributed by atoms with E-state index in [1.54, 1.807) is 0 Å². The lowest BCUT2D eigenvalue weighted by atomic mass is 9.97. The number of aromatic nitrogens is 2. The molecule has 0 fully saturated rings. The van der Waals surface area contributed by atoms with Crippen LogP contribution in [0.15, 0.2) is 65.5 Å². The van der Waals surface area contributed by atoms with Crippen molar-refractivity contribution in [1.82, 2.24) is 14.5 Å². The third kappa shape index (κ3) is 4.52. The molecule has 3 aromatic rings. The van der Waals surface area contributed by atoms with Gasteiger partial charge in [0.1, 0.15) is 5.82 Å². The summed E-state index contributed by atoms with van der Waals surface area (Å²) in [6.07, 6.45) is 4.21. The quantitative estimate of drug-likeness (QED) is 0.514. The number of hydrogen-bond donors (Lipinski definition) is 0. The molecule has 1 aromatic heterocycles. The summed E-state index contributed by atoms with van der Waals surface area (Å²) in [5.74, 6) is 0.839. The summed E-state index contributed by atoms with van der Waals surface area (Å²) >= 11 is 0. The third-order valence-corrected chi connectivity index (χ3v) is 6.28. The summed E-state index contributed by atoms with van der Waals surface area (Å²) in [6, 6.07) is 19.9. The van der Waals surface area contributed by atoms with Crippen LogP contribution < -0.4 is 5.56 Å². The van der Waals surface area contributed by atoms with Gasteiger partial charge >= 0.3 is 0 Å². The Balaban J connectivity index is 1.71. The Bertz CT molecular complexity index is 1080. The first-order valence-electron chi connectivity index (χ1n) is 11.6. The first-order valence-corrected chi connectivity index (χ1v) is 11.6. The van der Waals surface area contributed by atoms with Crippen LogP contribution in [-0.2, 0) is 17.8 Å². The van der Waals surface area contributed by atoms with E-state index in [1.165, 1.54) is 0 Å². The Morgan fingerprint density at radius 1 is 1.00 bits per heavy atom. The Morgan fingerprint density at radius 3 is 2.22 bits per heavy atom. The van der Waals surface area contributed by atoms with E-state index in [1.807, 2.05) is 52.8 Å². The van der Waals surface area contributed by atoms with Gasteiger partial charge in [0, 0.05) is 18.5 Å². The van der Waals surface area contributed by atoms with Crippen LogP contribution in [0.2, 0.25) is 0 Å². The van der Waals surface area contributed by atoms with Gasteiger partial charge in [-0.25, -0.2) is 4.98 Å². The molecule has 0 radical (unpaired) electrons. The van der Waals surface area contributed by atoms with Crippen LogP contribution in [0.3, 0.4) is 0 Å². The van der Waals surface area contributed by atoms with Crippen molar-refractivity contribution in [2.24, 2.45) is 0 Å².